The minimum atomic E-state index is -0.281. The van der Waals surface area contributed by atoms with E-state index >= 15 is 0 Å². The molecule has 2 unspecified atom stereocenters. The summed E-state index contributed by atoms with van der Waals surface area (Å²) in [6.45, 7) is 3.47. The molecule has 3 aromatic rings. The number of hydrogen-bond donors (Lipinski definition) is 1. The molecule has 9 heteroatoms. The fraction of sp³-hybridized carbons (Fsp3) is 0.591. The van der Waals surface area contributed by atoms with Crippen LogP contribution in [-0.2, 0) is 18.5 Å². The average molecular weight is 427 g/mol. The Morgan fingerprint density at radius 1 is 1.19 bits per heavy atom. The van der Waals surface area contributed by atoms with Gasteiger partial charge in [0.15, 0.2) is 5.82 Å². The van der Waals surface area contributed by atoms with Crippen LogP contribution < -0.4 is 5.32 Å². The van der Waals surface area contributed by atoms with E-state index in [0.717, 1.165) is 63.1 Å². The van der Waals surface area contributed by atoms with Crippen LogP contribution in [0.15, 0.2) is 36.9 Å². The third kappa shape index (κ3) is 4.66. The van der Waals surface area contributed by atoms with E-state index in [9.17, 15) is 4.39 Å². The van der Waals surface area contributed by atoms with Gasteiger partial charge in [0, 0.05) is 18.8 Å². The molecule has 1 aliphatic rings. The van der Waals surface area contributed by atoms with E-state index in [1.165, 1.54) is 5.56 Å². The lowest BCUT2D eigenvalue weighted by molar-refractivity contribution is 0.204. The van der Waals surface area contributed by atoms with Crippen LogP contribution in [0.5, 0.6) is 0 Å². The number of halogens is 1. The van der Waals surface area contributed by atoms with Gasteiger partial charge in [-0.2, -0.15) is 0 Å². The zero-order valence-corrected chi connectivity index (χ0v) is 18.1. The Balaban J connectivity index is 1.48. The highest BCUT2D eigenvalue weighted by Gasteiger charge is 2.47. The Morgan fingerprint density at radius 2 is 2.00 bits per heavy atom. The van der Waals surface area contributed by atoms with Gasteiger partial charge in [-0.25, -0.2) is 4.68 Å². The van der Waals surface area contributed by atoms with Gasteiger partial charge in [0.1, 0.15) is 12.7 Å². The monoisotopic (exact) mass is 426 g/mol. The molecule has 1 N–H and O–H groups in total. The Morgan fingerprint density at radius 3 is 2.74 bits per heavy atom. The average Bonchev–Trinajstić information content (AvgIpc) is 3.55. The maximum Gasteiger partial charge on any atom is 0.171 e. The van der Waals surface area contributed by atoms with Crippen LogP contribution in [0.2, 0.25) is 0 Å². The number of hydrogen-bond acceptors (Lipinski definition) is 6. The van der Waals surface area contributed by atoms with Crippen molar-refractivity contribution in [1.82, 2.24) is 40.3 Å². The molecular weight excluding hydrogens is 395 g/mol. The van der Waals surface area contributed by atoms with Crippen molar-refractivity contribution >= 4 is 0 Å². The molecule has 1 aromatic carbocycles. The van der Waals surface area contributed by atoms with E-state index in [1.807, 2.05) is 9.25 Å². The maximum absolute atomic E-state index is 13.0. The number of benzene rings is 1. The SMILES string of the molecule is CCCn1nnnc1C1(NCCc2ccc(-n3cnnc3)cc2)CCCC1CCCF. The highest BCUT2D eigenvalue weighted by atomic mass is 19.1. The van der Waals surface area contributed by atoms with Crippen LogP contribution in [0.3, 0.4) is 0 Å². The largest absolute Gasteiger partial charge is 0.304 e. The first-order chi connectivity index (χ1) is 15.3. The van der Waals surface area contributed by atoms with Crippen molar-refractivity contribution in [2.24, 2.45) is 5.92 Å². The first kappa shape index (κ1) is 21.5. The highest BCUT2D eigenvalue weighted by molar-refractivity contribution is 5.34. The quantitative estimate of drug-likeness (QED) is 0.507. The summed E-state index contributed by atoms with van der Waals surface area (Å²) in [5, 5.41) is 24.2. The maximum atomic E-state index is 13.0. The molecule has 0 aliphatic heterocycles. The molecule has 1 fully saturated rings. The van der Waals surface area contributed by atoms with Crippen molar-refractivity contribution < 1.29 is 4.39 Å². The summed E-state index contributed by atoms with van der Waals surface area (Å²) in [6, 6.07) is 8.44. The van der Waals surface area contributed by atoms with Gasteiger partial charge in [-0.3, -0.25) is 8.96 Å². The molecule has 2 heterocycles. The third-order valence-corrected chi connectivity index (χ3v) is 6.38. The van der Waals surface area contributed by atoms with Crippen LogP contribution in [0.4, 0.5) is 4.39 Å². The number of aromatic nitrogens is 7. The second-order valence-corrected chi connectivity index (χ2v) is 8.33. The van der Waals surface area contributed by atoms with E-state index in [1.54, 1.807) is 12.7 Å². The van der Waals surface area contributed by atoms with Gasteiger partial charge in [-0.1, -0.05) is 25.5 Å². The molecule has 2 atom stereocenters. The summed E-state index contributed by atoms with van der Waals surface area (Å²) < 4.78 is 16.8. The lowest BCUT2D eigenvalue weighted by atomic mass is 9.82. The molecule has 1 saturated carbocycles. The van der Waals surface area contributed by atoms with Crippen molar-refractivity contribution in [3.63, 3.8) is 0 Å². The van der Waals surface area contributed by atoms with E-state index in [4.69, 9.17) is 0 Å². The van der Waals surface area contributed by atoms with Gasteiger partial charge >= 0.3 is 0 Å². The normalized spacial score (nSPS) is 21.0. The van der Waals surface area contributed by atoms with Crippen LogP contribution >= 0.6 is 0 Å². The number of tetrazole rings is 1. The third-order valence-electron chi connectivity index (χ3n) is 6.38. The molecule has 0 bridgehead atoms. The molecule has 8 nitrogen and oxygen atoms in total. The predicted molar refractivity (Wildman–Crippen MR) is 115 cm³/mol. The Hall–Kier alpha value is -2.68. The molecule has 1 aliphatic carbocycles. The molecule has 4 rings (SSSR count). The fourth-order valence-corrected chi connectivity index (χ4v) is 4.88. The standard InChI is InChI=1S/C22H31FN8/c1-2-15-31-21(27-28-29-31)22(12-3-5-19(22)6-4-13-23)24-14-11-18-7-9-20(10-8-18)30-16-25-26-17-30/h7-10,16-17,19,24H,2-6,11-15H2,1H3. The smallest absolute Gasteiger partial charge is 0.171 e. The summed E-state index contributed by atoms with van der Waals surface area (Å²) >= 11 is 0. The van der Waals surface area contributed by atoms with Crippen LogP contribution in [-0.4, -0.2) is 48.2 Å². The van der Waals surface area contributed by atoms with Gasteiger partial charge in [0.05, 0.1) is 12.2 Å². The zero-order valence-electron chi connectivity index (χ0n) is 18.1. The topological polar surface area (TPSA) is 86.3 Å². The molecular formula is C22H31FN8. The highest BCUT2D eigenvalue weighted by Crippen LogP contribution is 2.45. The number of aryl methyl sites for hydroxylation is 1. The number of nitrogens with one attached hydrogen (secondary N) is 1. The van der Waals surface area contributed by atoms with Gasteiger partial charge in [-0.15, -0.1) is 15.3 Å². The molecule has 0 amide bonds. The van der Waals surface area contributed by atoms with E-state index in [2.05, 4.69) is 62.2 Å². The first-order valence-electron chi connectivity index (χ1n) is 11.3. The fourth-order valence-electron chi connectivity index (χ4n) is 4.88. The van der Waals surface area contributed by atoms with E-state index < -0.39 is 0 Å². The molecule has 0 radical (unpaired) electrons. The van der Waals surface area contributed by atoms with Gasteiger partial charge in [0.25, 0.3) is 0 Å². The summed E-state index contributed by atoms with van der Waals surface area (Å²) in [4.78, 5) is 0. The van der Waals surface area contributed by atoms with E-state index in [0.29, 0.717) is 12.3 Å². The van der Waals surface area contributed by atoms with Gasteiger partial charge in [-0.05, 0) is 72.6 Å². The zero-order chi connectivity index (χ0) is 21.5. The van der Waals surface area contributed by atoms with Crippen LogP contribution in [0, 0.1) is 5.92 Å². The van der Waals surface area contributed by atoms with Gasteiger partial charge in [0.2, 0.25) is 0 Å². The second-order valence-electron chi connectivity index (χ2n) is 8.33. The second kappa shape index (κ2) is 10.1. The predicted octanol–water partition coefficient (Wildman–Crippen LogP) is 3.24. The van der Waals surface area contributed by atoms with Crippen molar-refractivity contribution in [1.29, 1.82) is 0 Å². The minimum absolute atomic E-state index is 0.273. The molecule has 2 aromatic heterocycles. The van der Waals surface area contributed by atoms with Crippen LogP contribution in [0.1, 0.15) is 56.8 Å². The Bertz CT molecular complexity index is 923. The molecule has 166 valence electrons. The van der Waals surface area contributed by atoms with Crippen LogP contribution in [0.25, 0.3) is 5.69 Å². The van der Waals surface area contributed by atoms with Gasteiger partial charge < -0.3 is 5.32 Å². The number of alkyl halides is 1. The van der Waals surface area contributed by atoms with Crippen molar-refractivity contribution in [2.45, 2.75) is 64.0 Å². The van der Waals surface area contributed by atoms with Crippen molar-refractivity contribution in [3.8, 4) is 5.69 Å². The number of rotatable bonds is 11. The summed E-state index contributed by atoms with van der Waals surface area (Å²) in [5.41, 5.74) is 2.01. The van der Waals surface area contributed by atoms with Crippen molar-refractivity contribution in [2.75, 3.05) is 13.2 Å². The molecule has 0 spiro atoms. The minimum Gasteiger partial charge on any atom is -0.304 e. The lowest BCUT2D eigenvalue weighted by Gasteiger charge is -2.36. The Kier molecular flexibility index (Phi) is 7.01. The van der Waals surface area contributed by atoms with Crippen molar-refractivity contribution in [3.05, 3.63) is 48.3 Å². The summed E-state index contributed by atoms with van der Waals surface area (Å²) in [7, 11) is 0. The molecule has 31 heavy (non-hydrogen) atoms. The summed E-state index contributed by atoms with van der Waals surface area (Å²) in [5.74, 6) is 1.26. The molecule has 0 saturated heterocycles. The Labute approximate surface area is 182 Å². The summed E-state index contributed by atoms with van der Waals surface area (Å²) in [6.07, 6.45) is 9.88. The first-order valence-corrected chi connectivity index (χ1v) is 11.3. The van der Waals surface area contributed by atoms with E-state index in [-0.39, 0.29) is 12.2 Å². The lowest BCUT2D eigenvalue weighted by Crippen LogP contribution is -2.48. The number of nitrogens with zero attached hydrogens (tertiary/aromatic N) is 7.